The number of hydrogen-bond donors (Lipinski definition) is 1. The molecular weight excluding hydrogens is 254 g/mol. The maximum absolute atomic E-state index is 5.76. The van der Waals surface area contributed by atoms with Gasteiger partial charge in [0.05, 0.1) is 6.04 Å². The summed E-state index contributed by atoms with van der Waals surface area (Å²) in [4.78, 5) is 7.23. The van der Waals surface area contributed by atoms with Gasteiger partial charge in [-0.25, -0.2) is 0 Å². The van der Waals surface area contributed by atoms with Crippen molar-refractivity contribution in [3.8, 4) is 0 Å². The number of benzene rings is 1. The molecule has 2 aliphatic heterocycles. The smallest absolute Gasteiger partial charge is 0.327 e. The molecule has 20 heavy (non-hydrogen) atoms. The summed E-state index contributed by atoms with van der Waals surface area (Å²) in [5, 5.41) is 7.46. The van der Waals surface area contributed by atoms with E-state index >= 15 is 0 Å². The summed E-state index contributed by atoms with van der Waals surface area (Å²) in [5.74, 6) is 0. The van der Waals surface area contributed by atoms with Crippen molar-refractivity contribution in [2.24, 2.45) is 5.16 Å². The zero-order valence-corrected chi connectivity index (χ0v) is 11.8. The number of hydrogen-bond acceptors (Lipinski definition) is 4. The Labute approximate surface area is 119 Å². The van der Waals surface area contributed by atoms with E-state index in [1.165, 1.54) is 5.56 Å². The first-order chi connectivity index (χ1) is 9.90. The third-order valence-electron chi connectivity index (χ3n) is 3.98. The number of nitrogens with zero attached hydrogens (tertiary/aromatic N) is 2. The Hall–Kier alpha value is -1.75. The number of oxime groups is 1. The van der Waals surface area contributed by atoms with Crippen molar-refractivity contribution in [3.63, 3.8) is 0 Å². The van der Waals surface area contributed by atoms with E-state index in [0.29, 0.717) is 18.7 Å². The Morgan fingerprint density at radius 1 is 1.25 bits per heavy atom. The Morgan fingerprint density at radius 2 is 2.00 bits per heavy atom. The standard InChI is InChI=1S/C15H21N3O2/c1-19-17-15-18(13-7-9-16-10-8-13)14(11-20-15)12-5-3-2-4-6-12/h2-6,13-14,16H,7-11H2,1H3/t14-/m0/s1. The van der Waals surface area contributed by atoms with Crippen LogP contribution in [0.1, 0.15) is 24.4 Å². The van der Waals surface area contributed by atoms with Crippen LogP contribution in [-0.2, 0) is 9.57 Å². The Balaban J connectivity index is 1.87. The van der Waals surface area contributed by atoms with Gasteiger partial charge in [-0.05, 0) is 36.7 Å². The normalized spacial score (nSPS) is 25.8. The fourth-order valence-electron chi connectivity index (χ4n) is 3.02. The van der Waals surface area contributed by atoms with Gasteiger partial charge in [0, 0.05) is 6.04 Å². The first-order valence-electron chi connectivity index (χ1n) is 7.18. The van der Waals surface area contributed by atoms with Crippen LogP contribution in [0.3, 0.4) is 0 Å². The minimum Gasteiger partial charge on any atom is -0.460 e. The first kappa shape index (κ1) is 13.2. The molecule has 2 heterocycles. The zero-order valence-electron chi connectivity index (χ0n) is 11.8. The van der Waals surface area contributed by atoms with Crippen molar-refractivity contribution in [3.05, 3.63) is 35.9 Å². The van der Waals surface area contributed by atoms with Gasteiger partial charge in [-0.2, -0.15) is 0 Å². The lowest BCUT2D eigenvalue weighted by Crippen LogP contribution is -2.45. The van der Waals surface area contributed by atoms with Gasteiger partial charge >= 0.3 is 6.02 Å². The number of nitrogens with one attached hydrogen (secondary N) is 1. The summed E-state index contributed by atoms with van der Waals surface area (Å²) >= 11 is 0. The summed E-state index contributed by atoms with van der Waals surface area (Å²) in [6, 6.07) is 11.8. The quantitative estimate of drug-likeness (QED) is 0.853. The number of piperidine rings is 1. The summed E-state index contributed by atoms with van der Waals surface area (Å²) in [6.07, 6.45) is 2.21. The van der Waals surface area contributed by atoms with Crippen LogP contribution in [-0.4, -0.2) is 43.8 Å². The van der Waals surface area contributed by atoms with Crippen molar-refractivity contribution < 1.29 is 9.57 Å². The molecule has 108 valence electrons. The minimum absolute atomic E-state index is 0.230. The van der Waals surface area contributed by atoms with Gasteiger partial charge in [-0.1, -0.05) is 30.3 Å². The Bertz CT molecular complexity index is 457. The molecule has 0 aliphatic carbocycles. The molecule has 2 aliphatic rings. The Morgan fingerprint density at radius 3 is 2.70 bits per heavy atom. The van der Waals surface area contributed by atoms with E-state index in [-0.39, 0.29) is 6.04 Å². The molecule has 2 fully saturated rings. The van der Waals surface area contributed by atoms with Crippen LogP contribution in [0.25, 0.3) is 0 Å². The molecule has 0 amide bonds. The van der Waals surface area contributed by atoms with Gasteiger partial charge in [0.2, 0.25) is 0 Å². The second-order valence-corrected chi connectivity index (χ2v) is 5.18. The lowest BCUT2D eigenvalue weighted by molar-refractivity contribution is 0.177. The molecule has 5 heteroatoms. The lowest BCUT2D eigenvalue weighted by atomic mass is 10.0. The largest absolute Gasteiger partial charge is 0.460 e. The highest BCUT2D eigenvalue weighted by molar-refractivity contribution is 5.76. The highest BCUT2D eigenvalue weighted by Crippen LogP contribution is 2.32. The maximum Gasteiger partial charge on any atom is 0.327 e. The van der Waals surface area contributed by atoms with Crippen molar-refractivity contribution in [2.75, 3.05) is 26.8 Å². The van der Waals surface area contributed by atoms with Gasteiger partial charge in [0.15, 0.2) is 0 Å². The number of ether oxygens (including phenoxy) is 1. The molecule has 0 unspecified atom stereocenters. The van der Waals surface area contributed by atoms with Crippen LogP contribution in [0, 0.1) is 0 Å². The van der Waals surface area contributed by atoms with Crippen LogP contribution in [0.15, 0.2) is 35.5 Å². The van der Waals surface area contributed by atoms with Gasteiger partial charge in [-0.3, -0.25) is 0 Å². The lowest BCUT2D eigenvalue weighted by Gasteiger charge is -2.34. The number of rotatable bonds is 3. The average molecular weight is 275 g/mol. The van der Waals surface area contributed by atoms with Gasteiger partial charge in [0.1, 0.15) is 13.7 Å². The predicted molar refractivity (Wildman–Crippen MR) is 77.3 cm³/mol. The summed E-state index contributed by atoms with van der Waals surface area (Å²) < 4.78 is 5.76. The molecule has 1 aromatic rings. The molecular formula is C15H21N3O2. The van der Waals surface area contributed by atoms with Crippen LogP contribution in [0.2, 0.25) is 0 Å². The van der Waals surface area contributed by atoms with Crippen LogP contribution in [0.5, 0.6) is 0 Å². The summed E-state index contributed by atoms with van der Waals surface area (Å²) in [7, 11) is 1.56. The predicted octanol–water partition coefficient (Wildman–Crippen LogP) is 1.73. The molecule has 1 aromatic carbocycles. The van der Waals surface area contributed by atoms with Crippen molar-refractivity contribution >= 4 is 6.02 Å². The van der Waals surface area contributed by atoms with Crippen molar-refractivity contribution in [1.82, 2.24) is 10.2 Å². The molecule has 0 radical (unpaired) electrons. The highest BCUT2D eigenvalue weighted by atomic mass is 16.6. The van der Waals surface area contributed by atoms with Crippen LogP contribution in [0.4, 0.5) is 0 Å². The van der Waals surface area contributed by atoms with Gasteiger partial charge in [0.25, 0.3) is 0 Å². The third-order valence-corrected chi connectivity index (χ3v) is 3.98. The molecule has 1 N–H and O–H groups in total. The molecule has 0 spiro atoms. The molecule has 2 saturated heterocycles. The highest BCUT2D eigenvalue weighted by Gasteiger charge is 2.38. The topological polar surface area (TPSA) is 46.1 Å². The maximum atomic E-state index is 5.76. The molecule has 0 bridgehead atoms. The zero-order chi connectivity index (χ0) is 13.8. The second kappa shape index (κ2) is 6.13. The summed E-state index contributed by atoms with van der Waals surface area (Å²) in [5.41, 5.74) is 1.27. The molecule has 5 nitrogen and oxygen atoms in total. The minimum atomic E-state index is 0.230. The van der Waals surface area contributed by atoms with Crippen molar-refractivity contribution in [1.29, 1.82) is 0 Å². The van der Waals surface area contributed by atoms with E-state index < -0.39 is 0 Å². The van der Waals surface area contributed by atoms with Crippen LogP contribution < -0.4 is 5.32 Å². The molecule has 0 saturated carbocycles. The van der Waals surface area contributed by atoms with Crippen molar-refractivity contribution in [2.45, 2.75) is 24.9 Å². The number of amidine groups is 1. The SMILES string of the molecule is CON=C1OC[C@@H](c2ccccc2)N1C1CCNCC1. The third kappa shape index (κ3) is 2.58. The van der Waals surface area contributed by atoms with E-state index in [2.05, 4.69) is 39.6 Å². The molecule has 0 aromatic heterocycles. The van der Waals surface area contributed by atoms with E-state index in [1.807, 2.05) is 6.07 Å². The molecule has 1 atom stereocenters. The van der Waals surface area contributed by atoms with E-state index in [1.54, 1.807) is 7.11 Å². The monoisotopic (exact) mass is 275 g/mol. The fraction of sp³-hybridized carbons (Fsp3) is 0.533. The Kier molecular flexibility index (Phi) is 4.06. The van der Waals surface area contributed by atoms with Crippen LogP contribution >= 0.6 is 0 Å². The van der Waals surface area contributed by atoms with Gasteiger partial charge < -0.3 is 19.8 Å². The van der Waals surface area contributed by atoms with E-state index in [4.69, 9.17) is 9.57 Å². The molecule has 3 rings (SSSR count). The van der Waals surface area contributed by atoms with Gasteiger partial charge in [-0.15, -0.1) is 0 Å². The van der Waals surface area contributed by atoms with E-state index in [9.17, 15) is 0 Å². The second-order valence-electron chi connectivity index (χ2n) is 5.18. The fourth-order valence-corrected chi connectivity index (χ4v) is 3.02. The first-order valence-corrected chi connectivity index (χ1v) is 7.18. The van der Waals surface area contributed by atoms with E-state index in [0.717, 1.165) is 25.9 Å². The average Bonchev–Trinajstić information content (AvgIpc) is 2.93. The summed E-state index contributed by atoms with van der Waals surface area (Å²) in [6.45, 7) is 2.72.